The molecule has 0 aliphatic carbocycles. The van der Waals surface area contributed by atoms with E-state index in [2.05, 4.69) is 16.0 Å². The molecule has 2 aliphatic rings. The number of piperidine rings is 1. The van der Waals surface area contributed by atoms with E-state index in [9.17, 15) is 18.4 Å². The lowest BCUT2D eigenvalue weighted by atomic mass is 9.93. The van der Waals surface area contributed by atoms with Crippen molar-refractivity contribution in [2.45, 2.75) is 63.7 Å². The molecule has 2 aliphatic heterocycles. The van der Waals surface area contributed by atoms with E-state index >= 15 is 0 Å². The number of para-hydroxylation sites is 1. The van der Waals surface area contributed by atoms with E-state index in [1.54, 1.807) is 9.58 Å². The molecular weight excluding hydrogens is 582 g/mol. The Balaban J connectivity index is 1.25. The number of carbonyl (C=O) groups is 2. The number of likely N-dealkylation sites (tertiary alicyclic amines) is 1. The van der Waals surface area contributed by atoms with Crippen LogP contribution in [0, 0.1) is 17.6 Å². The molecule has 3 heterocycles. The predicted octanol–water partition coefficient (Wildman–Crippen LogP) is 5.75. The number of nitrogens with zero attached hydrogens (tertiary/aromatic N) is 3. The Morgan fingerprint density at radius 1 is 1.04 bits per heavy atom. The number of methoxy groups -OCH3 is 1. The molecule has 10 nitrogen and oxygen atoms in total. The SMILES string of the molecule is COC(CC1CNCC1NC(=O)Nc1cc(C2CCN(C(=O)OC(C)(C)C)CC2)nn1-c1ccccc1)c1ccc(F)c(F)c1. The van der Waals surface area contributed by atoms with Gasteiger partial charge in [0.05, 0.1) is 17.5 Å². The molecule has 3 aromatic rings. The lowest BCUT2D eigenvalue weighted by molar-refractivity contribution is 0.0204. The van der Waals surface area contributed by atoms with Gasteiger partial charge in [0.1, 0.15) is 11.4 Å². The van der Waals surface area contributed by atoms with Gasteiger partial charge in [-0.2, -0.15) is 5.10 Å². The van der Waals surface area contributed by atoms with E-state index in [0.717, 1.165) is 36.4 Å². The highest BCUT2D eigenvalue weighted by molar-refractivity contribution is 5.89. The number of amides is 3. The molecule has 242 valence electrons. The molecule has 2 fully saturated rings. The van der Waals surface area contributed by atoms with Crippen molar-refractivity contribution in [3.05, 3.63) is 77.5 Å². The van der Waals surface area contributed by atoms with Crippen LogP contribution in [0.5, 0.6) is 0 Å². The first-order valence-electron chi connectivity index (χ1n) is 15.4. The molecule has 3 unspecified atom stereocenters. The number of carbonyl (C=O) groups excluding carboxylic acids is 2. The molecule has 3 amide bonds. The molecule has 3 atom stereocenters. The summed E-state index contributed by atoms with van der Waals surface area (Å²) in [5.41, 5.74) is 1.64. The fourth-order valence-corrected chi connectivity index (χ4v) is 5.96. The number of aromatic nitrogens is 2. The van der Waals surface area contributed by atoms with Crippen molar-refractivity contribution >= 4 is 17.9 Å². The van der Waals surface area contributed by atoms with Crippen LogP contribution in [0.25, 0.3) is 5.69 Å². The van der Waals surface area contributed by atoms with Gasteiger partial charge in [-0.1, -0.05) is 24.3 Å². The zero-order valence-corrected chi connectivity index (χ0v) is 26.2. The molecule has 0 spiro atoms. The summed E-state index contributed by atoms with van der Waals surface area (Å²) >= 11 is 0. The summed E-state index contributed by atoms with van der Waals surface area (Å²) in [6.45, 7) is 7.89. The quantitative estimate of drug-likeness (QED) is 0.295. The second-order valence-electron chi connectivity index (χ2n) is 12.7. The van der Waals surface area contributed by atoms with Gasteiger partial charge in [-0.25, -0.2) is 23.1 Å². The van der Waals surface area contributed by atoms with E-state index < -0.39 is 23.3 Å². The number of rotatable bonds is 8. The van der Waals surface area contributed by atoms with Crippen LogP contribution < -0.4 is 16.0 Å². The average molecular weight is 625 g/mol. The zero-order valence-electron chi connectivity index (χ0n) is 26.2. The van der Waals surface area contributed by atoms with E-state index in [4.69, 9.17) is 14.6 Å². The summed E-state index contributed by atoms with van der Waals surface area (Å²) in [5, 5.41) is 14.3. The summed E-state index contributed by atoms with van der Waals surface area (Å²) in [6.07, 6.45) is 1.19. The maximum Gasteiger partial charge on any atom is 0.410 e. The Labute approximate surface area is 262 Å². The summed E-state index contributed by atoms with van der Waals surface area (Å²) in [4.78, 5) is 27.6. The molecular formula is C33H42F2N6O4. The maximum atomic E-state index is 13.9. The molecule has 0 bridgehead atoms. The van der Waals surface area contributed by atoms with Gasteiger partial charge < -0.3 is 25.0 Å². The highest BCUT2D eigenvalue weighted by Crippen LogP contribution is 2.32. The van der Waals surface area contributed by atoms with Crippen LogP contribution >= 0.6 is 0 Å². The van der Waals surface area contributed by atoms with Crippen LogP contribution in [-0.2, 0) is 9.47 Å². The number of halogens is 2. The van der Waals surface area contributed by atoms with Gasteiger partial charge in [-0.05, 0) is 75.8 Å². The van der Waals surface area contributed by atoms with Crippen molar-refractivity contribution in [3.8, 4) is 5.69 Å². The Kier molecular flexibility index (Phi) is 10.0. The largest absolute Gasteiger partial charge is 0.444 e. The number of hydrogen-bond donors (Lipinski definition) is 3. The molecule has 12 heteroatoms. The zero-order chi connectivity index (χ0) is 32.1. The van der Waals surface area contributed by atoms with Gasteiger partial charge in [-0.15, -0.1) is 0 Å². The smallest absolute Gasteiger partial charge is 0.410 e. The van der Waals surface area contributed by atoms with Gasteiger partial charge in [0.25, 0.3) is 0 Å². The van der Waals surface area contributed by atoms with Gasteiger partial charge >= 0.3 is 12.1 Å². The molecule has 2 saturated heterocycles. The van der Waals surface area contributed by atoms with Crippen LogP contribution in [-0.4, -0.2) is 71.7 Å². The second-order valence-corrected chi connectivity index (χ2v) is 12.7. The fraction of sp³-hybridized carbons (Fsp3) is 0.485. The molecule has 45 heavy (non-hydrogen) atoms. The molecule has 3 N–H and O–H groups in total. The minimum Gasteiger partial charge on any atom is -0.444 e. The summed E-state index contributed by atoms with van der Waals surface area (Å²) in [6, 6.07) is 14.7. The van der Waals surface area contributed by atoms with Gasteiger partial charge in [0.15, 0.2) is 11.6 Å². The van der Waals surface area contributed by atoms with Crippen molar-refractivity contribution in [1.82, 2.24) is 25.3 Å². The van der Waals surface area contributed by atoms with Gasteiger partial charge in [0, 0.05) is 51.3 Å². The minimum atomic E-state index is -0.920. The van der Waals surface area contributed by atoms with E-state index in [0.29, 0.717) is 44.0 Å². The molecule has 0 radical (unpaired) electrons. The summed E-state index contributed by atoms with van der Waals surface area (Å²) in [7, 11) is 1.53. The molecule has 0 saturated carbocycles. The normalized spacial score (nSPS) is 19.7. The van der Waals surface area contributed by atoms with Crippen LogP contribution in [0.2, 0.25) is 0 Å². The Morgan fingerprint density at radius 2 is 1.78 bits per heavy atom. The predicted molar refractivity (Wildman–Crippen MR) is 166 cm³/mol. The summed E-state index contributed by atoms with van der Waals surface area (Å²) < 4.78 is 40.3. The number of urea groups is 1. The Morgan fingerprint density at radius 3 is 2.44 bits per heavy atom. The third kappa shape index (κ3) is 8.17. The number of hydrogen-bond acceptors (Lipinski definition) is 6. The monoisotopic (exact) mass is 624 g/mol. The van der Waals surface area contributed by atoms with Crippen molar-refractivity contribution in [3.63, 3.8) is 0 Å². The number of ether oxygens (including phenoxy) is 2. The highest BCUT2D eigenvalue weighted by atomic mass is 19.2. The van der Waals surface area contributed by atoms with Gasteiger partial charge in [-0.3, -0.25) is 5.32 Å². The first-order chi connectivity index (χ1) is 21.5. The van der Waals surface area contributed by atoms with Crippen molar-refractivity contribution < 1.29 is 27.8 Å². The number of benzene rings is 2. The lowest BCUT2D eigenvalue weighted by Crippen LogP contribution is -2.43. The topological polar surface area (TPSA) is 110 Å². The Hall–Kier alpha value is -4.03. The van der Waals surface area contributed by atoms with Crippen LogP contribution in [0.3, 0.4) is 0 Å². The second kappa shape index (κ2) is 13.9. The molecule has 1 aromatic heterocycles. The molecule has 2 aromatic carbocycles. The number of anilines is 1. The minimum absolute atomic E-state index is 0.00133. The fourth-order valence-electron chi connectivity index (χ4n) is 5.96. The van der Waals surface area contributed by atoms with E-state index in [-0.39, 0.29) is 30.0 Å². The first-order valence-corrected chi connectivity index (χ1v) is 15.4. The average Bonchev–Trinajstić information content (AvgIpc) is 3.63. The van der Waals surface area contributed by atoms with Crippen LogP contribution in [0.15, 0.2) is 54.6 Å². The van der Waals surface area contributed by atoms with Crippen molar-refractivity contribution in [2.24, 2.45) is 5.92 Å². The van der Waals surface area contributed by atoms with Crippen LogP contribution in [0.4, 0.5) is 24.2 Å². The third-order valence-electron chi connectivity index (χ3n) is 8.31. The molecule has 5 rings (SSSR count). The van der Waals surface area contributed by atoms with Crippen molar-refractivity contribution in [2.75, 3.05) is 38.6 Å². The lowest BCUT2D eigenvalue weighted by Gasteiger charge is -2.32. The summed E-state index contributed by atoms with van der Waals surface area (Å²) in [5.74, 6) is -1.18. The third-order valence-corrected chi connectivity index (χ3v) is 8.31. The van der Waals surface area contributed by atoms with Crippen LogP contribution in [0.1, 0.15) is 63.3 Å². The number of nitrogens with one attached hydrogen (secondary N) is 3. The first kappa shape index (κ1) is 32.4. The van der Waals surface area contributed by atoms with Gasteiger partial charge in [0.2, 0.25) is 0 Å². The van der Waals surface area contributed by atoms with Crippen molar-refractivity contribution in [1.29, 1.82) is 0 Å². The maximum absolute atomic E-state index is 13.9. The Bertz CT molecular complexity index is 1470. The highest BCUT2D eigenvalue weighted by Gasteiger charge is 2.33. The standard InChI is InChI=1S/C33H42F2N6O4/c1-33(2,3)45-32(43)40-14-12-21(13-15-40)27-18-30(41(39-27)24-8-6-5-7-9-24)38-31(42)37-28-20-36-19-23(28)17-29(44-4)22-10-11-25(34)26(35)16-22/h5-11,16,18,21,23,28-29,36H,12-15,17,19-20H2,1-4H3,(H2,37,38,42). The van der Waals surface area contributed by atoms with E-state index in [1.165, 1.54) is 13.2 Å². The van der Waals surface area contributed by atoms with E-state index in [1.807, 2.05) is 57.2 Å².